The molecule has 0 saturated heterocycles. The van der Waals surface area contributed by atoms with Gasteiger partial charge in [-0.2, -0.15) is 4.80 Å². The summed E-state index contributed by atoms with van der Waals surface area (Å²) in [4.78, 5) is 43.6. The number of hydrogen-bond donors (Lipinski definition) is 3. The summed E-state index contributed by atoms with van der Waals surface area (Å²) in [5.74, 6) is -0.881. The first-order chi connectivity index (χ1) is 14.5. The number of hydrogen-bond acceptors (Lipinski definition) is 8. The number of carboxylic acid groups (broad SMARTS) is 1. The van der Waals surface area contributed by atoms with E-state index >= 15 is 0 Å². The van der Waals surface area contributed by atoms with Crippen molar-refractivity contribution in [3.05, 3.63) is 59.9 Å². The average molecular weight is 413 g/mol. The first-order valence-corrected chi connectivity index (χ1v) is 8.96. The van der Waals surface area contributed by atoms with Crippen LogP contribution in [0.5, 0.6) is 0 Å². The molecule has 1 unspecified atom stereocenters. The normalized spacial score (nSPS) is 11.6. The zero-order valence-corrected chi connectivity index (χ0v) is 15.8. The third kappa shape index (κ3) is 6.22. The van der Waals surface area contributed by atoms with E-state index in [-0.39, 0.29) is 13.2 Å². The molecule has 3 aromatic rings. The van der Waals surface area contributed by atoms with Gasteiger partial charge in [0, 0.05) is 12.4 Å². The molecule has 0 aliphatic rings. The minimum Gasteiger partial charge on any atom is -0.481 e. The Kier molecular flexibility index (Phi) is 6.82. The molecule has 12 nitrogen and oxygen atoms in total. The predicted molar refractivity (Wildman–Crippen MR) is 100 cm³/mol. The number of ketones is 1. The molecular formula is C18H19N7O5. The molecule has 30 heavy (non-hydrogen) atoms. The molecule has 3 rings (SSSR count). The average Bonchev–Trinajstić information content (AvgIpc) is 3.39. The van der Waals surface area contributed by atoms with Crippen LogP contribution in [-0.2, 0) is 33.9 Å². The molecule has 0 radical (unpaired) electrons. The van der Waals surface area contributed by atoms with Crippen molar-refractivity contribution in [1.29, 1.82) is 0 Å². The molecule has 2 aromatic heterocycles. The third-order valence-electron chi connectivity index (χ3n) is 3.94. The van der Waals surface area contributed by atoms with Crippen molar-refractivity contribution in [2.45, 2.75) is 32.0 Å². The number of aromatic amines is 1. The van der Waals surface area contributed by atoms with Gasteiger partial charge >= 0.3 is 12.1 Å². The van der Waals surface area contributed by atoms with Crippen LogP contribution in [-0.4, -0.2) is 59.2 Å². The van der Waals surface area contributed by atoms with Crippen LogP contribution in [0, 0.1) is 0 Å². The number of carboxylic acids is 1. The summed E-state index contributed by atoms with van der Waals surface area (Å²) in [6, 6.07) is 7.64. The molecule has 3 N–H and O–H groups in total. The predicted octanol–water partition coefficient (Wildman–Crippen LogP) is 0.326. The second-order valence-corrected chi connectivity index (χ2v) is 6.27. The van der Waals surface area contributed by atoms with Crippen molar-refractivity contribution in [3.63, 3.8) is 0 Å². The van der Waals surface area contributed by atoms with Crippen LogP contribution >= 0.6 is 0 Å². The summed E-state index contributed by atoms with van der Waals surface area (Å²) in [6.07, 6.45) is 2.03. The fourth-order valence-electron chi connectivity index (χ4n) is 2.54. The molecule has 12 heteroatoms. The number of alkyl carbamates (subject to hydrolysis) is 1. The Bertz CT molecular complexity index is 988. The molecule has 1 aromatic carbocycles. The van der Waals surface area contributed by atoms with Gasteiger partial charge in [0.1, 0.15) is 25.0 Å². The fraction of sp³-hybridized carbons (Fsp3) is 0.278. The second kappa shape index (κ2) is 9.91. The number of tetrazole rings is 1. The van der Waals surface area contributed by atoms with Gasteiger partial charge < -0.3 is 20.1 Å². The summed E-state index contributed by atoms with van der Waals surface area (Å²) in [5.41, 5.74) is 0.754. The van der Waals surface area contributed by atoms with E-state index in [0.29, 0.717) is 18.1 Å². The molecule has 0 aliphatic carbocycles. The van der Waals surface area contributed by atoms with Crippen LogP contribution in [0.15, 0.2) is 42.7 Å². The minimum absolute atomic E-state index is 0.0125. The topological polar surface area (TPSA) is 165 Å². The summed E-state index contributed by atoms with van der Waals surface area (Å²) in [7, 11) is 0. The smallest absolute Gasteiger partial charge is 0.408 e. The van der Waals surface area contributed by atoms with Gasteiger partial charge in [-0.25, -0.2) is 9.78 Å². The summed E-state index contributed by atoms with van der Waals surface area (Å²) >= 11 is 0. The number of aromatic nitrogens is 6. The summed E-state index contributed by atoms with van der Waals surface area (Å²) < 4.78 is 5.05. The largest absolute Gasteiger partial charge is 0.481 e. The molecule has 0 spiro atoms. The van der Waals surface area contributed by atoms with Gasteiger partial charge in [-0.15, -0.1) is 10.2 Å². The first-order valence-electron chi connectivity index (χ1n) is 8.96. The quantitative estimate of drug-likeness (QED) is 0.424. The lowest BCUT2D eigenvalue weighted by Crippen LogP contribution is -2.44. The monoisotopic (exact) mass is 413 g/mol. The molecule has 156 valence electrons. The van der Waals surface area contributed by atoms with E-state index in [1.165, 1.54) is 0 Å². The van der Waals surface area contributed by atoms with E-state index < -0.39 is 30.3 Å². The number of nitrogens with zero attached hydrogens (tertiary/aromatic N) is 5. The van der Waals surface area contributed by atoms with Gasteiger partial charge in [0.2, 0.25) is 0 Å². The van der Waals surface area contributed by atoms with Crippen LogP contribution in [0.4, 0.5) is 4.79 Å². The van der Waals surface area contributed by atoms with Crippen molar-refractivity contribution < 1.29 is 24.2 Å². The van der Waals surface area contributed by atoms with E-state index in [9.17, 15) is 14.4 Å². The highest BCUT2D eigenvalue weighted by molar-refractivity contribution is 5.90. The molecule has 0 saturated carbocycles. The molecule has 0 bridgehead atoms. The van der Waals surface area contributed by atoms with Crippen molar-refractivity contribution in [3.8, 4) is 0 Å². The number of nitrogens with one attached hydrogen (secondary N) is 2. The number of ether oxygens (including phenoxy) is 1. The number of benzene rings is 1. The zero-order valence-electron chi connectivity index (χ0n) is 15.8. The van der Waals surface area contributed by atoms with Crippen LogP contribution in [0.2, 0.25) is 0 Å². The van der Waals surface area contributed by atoms with Crippen molar-refractivity contribution >= 4 is 17.8 Å². The zero-order chi connectivity index (χ0) is 21.3. The van der Waals surface area contributed by atoms with Crippen LogP contribution in [0.1, 0.15) is 23.6 Å². The molecule has 1 amide bonds. The van der Waals surface area contributed by atoms with Crippen LogP contribution in [0.3, 0.4) is 0 Å². The molecule has 0 aliphatic heterocycles. The highest BCUT2D eigenvalue weighted by atomic mass is 16.5. The lowest BCUT2D eigenvalue weighted by atomic mass is 10.1. The number of Topliss-reactive ketones (excluding diaryl/α,β-unsaturated/α-hetero) is 1. The van der Waals surface area contributed by atoms with Crippen molar-refractivity contribution in [2.75, 3.05) is 0 Å². The Morgan fingerprint density at radius 3 is 2.73 bits per heavy atom. The number of imidazole rings is 1. The van der Waals surface area contributed by atoms with Crippen molar-refractivity contribution in [2.24, 2.45) is 0 Å². The van der Waals surface area contributed by atoms with E-state index in [2.05, 4.69) is 30.7 Å². The Hall–Kier alpha value is -4.09. The first kappa shape index (κ1) is 20.6. The van der Waals surface area contributed by atoms with E-state index in [1.54, 1.807) is 36.7 Å². The molecule has 0 fully saturated rings. The Morgan fingerprint density at radius 1 is 1.23 bits per heavy atom. The second-order valence-electron chi connectivity index (χ2n) is 6.27. The molecule has 2 heterocycles. The maximum Gasteiger partial charge on any atom is 0.408 e. The number of amides is 1. The van der Waals surface area contributed by atoms with Gasteiger partial charge in [0.25, 0.3) is 0 Å². The Morgan fingerprint density at radius 2 is 2.03 bits per heavy atom. The summed E-state index contributed by atoms with van der Waals surface area (Å²) in [6.45, 7) is -0.372. The van der Waals surface area contributed by atoms with Gasteiger partial charge in [-0.1, -0.05) is 30.3 Å². The van der Waals surface area contributed by atoms with E-state index in [4.69, 9.17) is 9.84 Å². The highest BCUT2D eigenvalue weighted by Crippen LogP contribution is 2.03. The van der Waals surface area contributed by atoms with E-state index in [0.717, 1.165) is 10.4 Å². The number of H-pyrrole nitrogens is 1. The third-order valence-corrected chi connectivity index (χ3v) is 3.94. The Balaban J connectivity index is 1.56. The highest BCUT2D eigenvalue weighted by Gasteiger charge is 2.25. The number of aliphatic carboxylic acids is 1. The number of rotatable bonds is 10. The maximum absolute atomic E-state index is 12.5. The Labute approximate surface area is 170 Å². The van der Waals surface area contributed by atoms with E-state index in [1.807, 2.05) is 6.07 Å². The minimum atomic E-state index is -1.30. The van der Waals surface area contributed by atoms with Gasteiger partial charge in [0.05, 0.1) is 12.8 Å². The standard InChI is InChI=1S/C18H19N7O5/c26-14(10-25-23-16(22-24-25)9-15-19-6-7-20-15)13(8-17(27)28)21-18(29)30-11-12-4-2-1-3-5-12/h1-7,13H,8-11H2,(H,19,20)(H,21,29)(H,27,28). The molecule has 1 atom stereocenters. The lowest BCUT2D eigenvalue weighted by Gasteiger charge is -2.15. The van der Waals surface area contributed by atoms with Crippen LogP contribution < -0.4 is 5.32 Å². The lowest BCUT2D eigenvalue weighted by molar-refractivity contribution is -0.139. The van der Waals surface area contributed by atoms with Gasteiger partial charge in [-0.05, 0) is 10.8 Å². The van der Waals surface area contributed by atoms with Gasteiger partial charge in [0.15, 0.2) is 11.6 Å². The SMILES string of the molecule is O=C(O)CC(NC(=O)OCc1ccccc1)C(=O)Cn1nnc(Cc2ncc[nH]2)n1. The fourth-order valence-corrected chi connectivity index (χ4v) is 2.54. The van der Waals surface area contributed by atoms with Gasteiger partial charge in [-0.3, -0.25) is 9.59 Å². The van der Waals surface area contributed by atoms with Crippen LogP contribution in [0.25, 0.3) is 0 Å². The van der Waals surface area contributed by atoms with Crippen molar-refractivity contribution in [1.82, 2.24) is 35.5 Å². The summed E-state index contributed by atoms with van der Waals surface area (Å²) in [5, 5.41) is 23.0. The molecular weight excluding hydrogens is 394 g/mol. The number of carbonyl (C=O) groups excluding carboxylic acids is 2. The maximum atomic E-state index is 12.5. The number of carbonyl (C=O) groups is 3.